The minimum Gasteiger partial charge on any atom is -0.478 e. The van der Waals surface area contributed by atoms with Crippen molar-refractivity contribution in [1.29, 1.82) is 0 Å². The Labute approximate surface area is 88.6 Å². The van der Waals surface area contributed by atoms with Gasteiger partial charge in [0.1, 0.15) is 0 Å². The number of aromatic carboxylic acids is 1. The van der Waals surface area contributed by atoms with E-state index in [1.54, 1.807) is 18.2 Å². The number of carboxylic acids is 1. The molecule has 74 valence electrons. The maximum absolute atomic E-state index is 10.6. The van der Waals surface area contributed by atoms with E-state index in [1.165, 1.54) is 12.1 Å². The molecule has 0 aliphatic carbocycles. The maximum Gasteiger partial charge on any atom is 0.335 e. The van der Waals surface area contributed by atoms with Crippen LogP contribution in [0.25, 0.3) is 0 Å². The second kappa shape index (κ2) is 4.83. The van der Waals surface area contributed by atoms with Crippen molar-refractivity contribution in [2.24, 2.45) is 0 Å². The van der Waals surface area contributed by atoms with E-state index in [0.29, 0.717) is 5.57 Å². The molecule has 0 saturated heterocycles. The van der Waals surface area contributed by atoms with Gasteiger partial charge >= 0.3 is 5.97 Å². The molecule has 0 atom stereocenters. The number of hydrogen-bond acceptors (Lipinski definition) is 1. The highest BCUT2D eigenvalue weighted by Gasteiger charge is 1.99. The summed E-state index contributed by atoms with van der Waals surface area (Å²) in [5.41, 5.74) is 1.64. The number of allylic oxidation sites excluding steroid dienone is 2. The number of hydrogen-bond donors (Lipinski definition) is 1. The number of carboxylic acid groups (broad SMARTS) is 1. The van der Waals surface area contributed by atoms with E-state index in [1.807, 2.05) is 0 Å². The summed E-state index contributed by atoms with van der Waals surface area (Å²) < 4.78 is 0. The predicted molar refractivity (Wildman–Crippen MR) is 59.6 cm³/mol. The van der Waals surface area contributed by atoms with Gasteiger partial charge in [-0.1, -0.05) is 31.1 Å². The van der Waals surface area contributed by atoms with Crippen LogP contribution in [-0.4, -0.2) is 11.1 Å². The highest BCUT2D eigenvalue weighted by Crippen LogP contribution is 2.03. The largest absolute Gasteiger partial charge is 0.478 e. The molecule has 0 amide bonds. The van der Waals surface area contributed by atoms with Crippen molar-refractivity contribution in [2.75, 3.05) is 0 Å². The van der Waals surface area contributed by atoms with Gasteiger partial charge in [0.2, 0.25) is 0 Å². The van der Waals surface area contributed by atoms with Crippen LogP contribution in [0.2, 0.25) is 0 Å². The molecule has 0 spiro atoms. The first kappa shape index (κ1) is 10.8. The quantitative estimate of drug-likeness (QED) is 0.585. The van der Waals surface area contributed by atoms with Crippen LogP contribution in [0.4, 0.5) is 0 Å². The minimum absolute atomic E-state index is 0.253. The molecular weight excluding hydrogens is 188 g/mol. The predicted octanol–water partition coefficient (Wildman–Crippen LogP) is 2.48. The molecule has 1 N–H and O–H groups in total. The van der Waals surface area contributed by atoms with Crippen molar-refractivity contribution in [3.8, 4) is 11.8 Å². The highest BCUT2D eigenvalue weighted by molar-refractivity contribution is 5.87. The molecule has 15 heavy (non-hydrogen) atoms. The summed E-state index contributed by atoms with van der Waals surface area (Å²) in [6, 6.07) is 6.35. The number of carbonyl (C=O) groups is 1. The molecule has 1 rings (SSSR count). The second-order valence-corrected chi connectivity index (χ2v) is 2.86. The van der Waals surface area contributed by atoms with Crippen LogP contribution in [0, 0.1) is 11.8 Å². The van der Waals surface area contributed by atoms with Crippen LogP contribution < -0.4 is 0 Å². The first-order chi connectivity index (χ1) is 7.13. The molecule has 0 saturated carbocycles. The topological polar surface area (TPSA) is 37.3 Å². The summed E-state index contributed by atoms with van der Waals surface area (Å²) in [6.07, 6.45) is 1.57. The monoisotopic (exact) mass is 198 g/mol. The van der Waals surface area contributed by atoms with Crippen molar-refractivity contribution in [3.05, 3.63) is 60.2 Å². The summed E-state index contributed by atoms with van der Waals surface area (Å²) >= 11 is 0. The van der Waals surface area contributed by atoms with Crippen molar-refractivity contribution in [1.82, 2.24) is 0 Å². The molecule has 0 fully saturated rings. The zero-order chi connectivity index (χ0) is 11.3. The molecule has 2 nitrogen and oxygen atoms in total. The maximum atomic E-state index is 10.6. The fourth-order valence-electron chi connectivity index (χ4n) is 0.900. The Morgan fingerprint density at radius 3 is 2.40 bits per heavy atom. The van der Waals surface area contributed by atoms with Crippen LogP contribution in [0.5, 0.6) is 0 Å². The molecule has 0 aliphatic heterocycles. The average molecular weight is 198 g/mol. The molecule has 1 aromatic rings. The summed E-state index contributed by atoms with van der Waals surface area (Å²) in [5.74, 6) is 4.70. The first-order valence-corrected chi connectivity index (χ1v) is 4.30. The van der Waals surface area contributed by atoms with E-state index in [4.69, 9.17) is 5.11 Å². The Morgan fingerprint density at radius 2 is 1.93 bits per heavy atom. The Bertz CT molecular complexity index is 456. The lowest BCUT2D eigenvalue weighted by Gasteiger charge is -1.93. The standard InChI is InChI=1S/C13H10O2/c1-3-10(2)4-5-11-6-8-12(9-7-11)13(14)15/h3,6-9H,1-2H2,(H,14,15). The molecule has 2 heteroatoms. The molecule has 0 aliphatic rings. The lowest BCUT2D eigenvalue weighted by atomic mass is 10.1. The van der Waals surface area contributed by atoms with Gasteiger partial charge in [-0.05, 0) is 24.3 Å². The summed E-state index contributed by atoms with van der Waals surface area (Å²) in [5, 5.41) is 8.67. The Balaban J connectivity index is 2.88. The van der Waals surface area contributed by atoms with Gasteiger partial charge < -0.3 is 5.11 Å². The van der Waals surface area contributed by atoms with Gasteiger partial charge in [-0.15, -0.1) is 0 Å². The molecule has 0 bridgehead atoms. The molecular formula is C13H10O2. The van der Waals surface area contributed by atoms with E-state index in [2.05, 4.69) is 25.0 Å². The van der Waals surface area contributed by atoms with Crippen molar-refractivity contribution >= 4 is 5.97 Å². The lowest BCUT2D eigenvalue weighted by Crippen LogP contribution is -1.94. The Morgan fingerprint density at radius 1 is 1.33 bits per heavy atom. The SMILES string of the molecule is C=CC(=C)C#Cc1ccc(C(=O)O)cc1. The van der Waals surface area contributed by atoms with Crippen LogP contribution in [0.1, 0.15) is 15.9 Å². The lowest BCUT2D eigenvalue weighted by molar-refractivity contribution is 0.0697. The normalized spacial score (nSPS) is 8.53. The van der Waals surface area contributed by atoms with Gasteiger partial charge in [0, 0.05) is 11.1 Å². The summed E-state index contributed by atoms with van der Waals surface area (Å²) in [7, 11) is 0. The van der Waals surface area contributed by atoms with E-state index >= 15 is 0 Å². The van der Waals surface area contributed by atoms with Crippen molar-refractivity contribution < 1.29 is 9.90 Å². The first-order valence-electron chi connectivity index (χ1n) is 4.30. The summed E-state index contributed by atoms with van der Waals surface area (Å²) in [6.45, 7) is 7.18. The molecule has 0 unspecified atom stereocenters. The Hall–Kier alpha value is -2.27. The zero-order valence-electron chi connectivity index (χ0n) is 8.16. The van der Waals surface area contributed by atoms with Gasteiger partial charge in [0.15, 0.2) is 0 Å². The van der Waals surface area contributed by atoms with E-state index in [9.17, 15) is 4.79 Å². The third-order valence-electron chi connectivity index (χ3n) is 1.75. The third kappa shape index (κ3) is 3.17. The zero-order valence-corrected chi connectivity index (χ0v) is 8.16. The third-order valence-corrected chi connectivity index (χ3v) is 1.75. The van der Waals surface area contributed by atoms with Gasteiger partial charge in [-0.3, -0.25) is 0 Å². The fraction of sp³-hybridized carbons (Fsp3) is 0. The summed E-state index contributed by atoms with van der Waals surface area (Å²) in [4.78, 5) is 10.6. The van der Waals surface area contributed by atoms with Gasteiger partial charge in [0.25, 0.3) is 0 Å². The van der Waals surface area contributed by atoms with Crippen LogP contribution >= 0.6 is 0 Å². The van der Waals surface area contributed by atoms with Crippen molar-refractivity contribution in [2.45, 2.75) is 0 Å². The smallest absolute Gasteiger partial charge is 0.335 e. The number of benzene rings is 1. The van der Waals surface area contributed by atoms with Crippen molar-refractivity contribution in [3.63, 3.8) is 0 Å². The van der Waals surface area contributed by atoms with E-state index in [-0.39, 0.29) is 5.56 Å². The van der Waals surface area contributed by atoms with Crippen LogP contribution in [-0.2, 0) is 0 Å². The second-order valence-electron chi connectivity index (χ2n) is 2.86. The molecule has 0 heterocycles. The average Bonchev–Trinajstić information content (AvgIpc) is 2.26. The van der Waals surface area contributed by atoms with Crippen LogP contribution in [0.15, 0.2) is 49.1 Å². The number of rotatable bonds is 2. The van der Waals surface area contributed by atoms with Crippen LogP contribution in [0.3, 0.4) is 0 Å². The highest BCUT2D eigenvalue weighted by atomic mass is 16.4. The van der Waals surface area contributed by atoms with E-state index < -0.39 is 5.97 Å². The van der Waals surface area contributed by atoms with Gasteiger partial charge in [0.05, 0.1) is 5.56 Å². The van der Waals surface area contributed by atoms with Gasteiger partial charge in [-0.25, -0.2) is 4.79 Å². The van der Waals surface area contributed by atoms with Gasteiger partial charge in [-0.2, -0.15) is 0 Å². The molecule has 0 radical (unpaired) electrons. The minimum atomic E-state index is -0.940. The Kier molecular flexibility index (Phi) is 3.48. The van der Waals surface area contributed by atoms with E-state index in [0.717, 1.165) is 5.56 Å². The fourth-order valence-corrected chi connectivity index (χ4v) is 0.900. The molecule has 0 aromatic heterocycles. The molecule has 1 aromatic carbocycles.